The van der Waals surface area contributed by atoms with Gasteiger partial charge in [0.05, 0.1) is 11.0 Å². The molecular weight excluding hydrogens is 243 g/mol. The normalized spacial score (nSPS) is 10.1. The number of nitro benzene ring substituents is 1. The van der Waals surface area contributed by atoms with Gasteiger partial charge in [0.15, 0.2) is 11.6 Å². The molecule has 92 valence electrons. The molecule has 0 aliphatic carbocycles. The van der Waals surface area contributed by atoms with Gasteiger partial charge in [-0.2, -0.15) is 0 Å². The number of pyridine rings is 1. The van der Waals surface area contributed by atoms with Gasteiger partial charge in [-0.05, 0) is 12.1 Å². The second-order valence-electron chi connectivity index (χ2n) is 3.36. The van der Waals surface area contributed by atoms with E-state index in [9.17, 15) is 19.3 Å². The number of ether oxygens (including phenoxy) is 1. The highest BCUT2D eigenvalue weighted by Gasteiger charge is 2.12. The molecular formula is C11H7FN2O4. The van der Waals surface area contributed by atoms with Gasteiger partial charge in [0, 0.05) is 18.3 Å². The maximum Gasteiger partial charge on any atom is 0.272 e. The fraction of sp³-hybridized carbons (Fsp3) is 0. The van der Waals surface area contributed by atoms with Gasteiger partial charge in [0.25, 0.3) is 5.69 Å². The van der Waals surface area contributed by atoms with E-state index >= 15 is 0 Å². The molecule has 1 N–H and O–H groups in total. The van der Waals surface area contributed by atoms with Gasteiger partial charge in [0.2, 0.25) is 5.56 Å². The Morgan fingerprint density at radius 2 is 2.06 bits per heavy atom. The van der Waals surface area contributed by atoms with Crippen LogP contribution < -0.4 is 10.3 Å². The van der Waals surface area contributed by atoms with Crippen LogP contribution in [0.2, 0.25) is 0 Å². The first-order chi connectivity index (χ1) is 8.56. The third-order valence-electron chi connectivity index (χ3n) is 2.11. The molecule has 0 bridgehead atoms. The molecule has 0 unspecified atom stereocenters. The van der Waals surface area contributed by atoms with E-state index in [1.807, 2.05) is 0 Å². The minimum Gasteiger partial charge on any atom is -0.453 e. The molecule has 0 atom stereocenters. The van der Waals surface area contributed by atoms with Crippen molar-refractivity contribution in [2.45, 2.75) is 0 Å². The molecule has 2 rings (SSSR count). The number of halogens is 1. The highest BCUT2D eigenvalue weighted by Crippen LogP contribution is 2.26. The van der Waals surface area contributed by atoms with Crippen molar-refractivity contribution in [1.29, 1.82) is 0 Å². The van der Waals surface area contributed by atoms with Crippen molar-refractivity contribution in [3.8, 4) is 11.5 Å². The highest BCUT2D eigenvalue weighted by molar-refractivity contribution is 5.39. The van der Waals surface area contributed by atoms with E-state index in [4.69, 9.17) is 4.74 Å². The quantitative estimate of drug-likeness (QED) is 0.668. The third-order valence-corrected chi connectivity index (χ3v) is 2.11. The molecule has 0 saturated carbocycles. The van der Waals surface area contributed by atoms with Gasteiger partial charge in [-0.1, -0.05) is 0 Å². The molecule has 1 aromatic heterocycles. The number of H-pyrrole nitrogens is 1. The van der Waals surface area contributed by atoms with Crippen molar-refractivity contribution in [3.05, 3.63) is 62.8 Å². The van der Waals surface area contributed by atoms with Crippen LogP contribution in [0.3, 0.4) is 0 Å². The largest absolute Gasteiger partial charge is 0.453 e. The molecule has 1 aromatic carbocycles. The van der Waals surface area contributed by atoms with Crippen LogP contribution in [0.15, 0.2) is 41.3 Å². The first-order valence-electron chi connectivity index (χ1n) is 4.87. The van der Waals surface area contributed by atoms with Gasteiger partial charge in [-0.25, -0.2) is 4.39 Å². The van der Waals surface area contributed by atoms with Gasteiger partial charge in [-0.15, -0.1) is 0 Å². The number of aromatic amines is 1. The maximum absolute atomic E-state index is 13.5. The average Bonchev–Trinajstić information content (AvgIpc) is 2.34. The fourth-order valence-corrected chi connectivity index (χ4v) is 1.27. The van der Waals surface area contributed by atoms with Crippen LogP contribution in [-0.2, 0) is 0 Å². The zero-order valence-corrected chi connectivity index (χ0v) is 8.92. The van der Waals surface area contributed by atoms with E-state index < -0.39 is 10.7 Å². The van der Waals surface area contributed by atoms with Crippen molar-refractivity contribution in [2.24, 2.45) is 0 Å². The summed E-state index contributed by atoms with van der Waals surface area (Å²) in [4.78, 5) is 22.9. The monoisotopic (exact) mass is 250 g/mol. The SMILES string of the molecule is O=c1ccc(Oc2ccc([N+](=O)[O-])cc2F)c[nH]1. The minimum absolute atomic E-state index is 0.160. The Kier molecular flexibility index (Phi) is 3.05. The molecule has 2 aromatic rings. The number of non-ortho nitro benzene ring substituents is 1. The van der Waals surface area contributed by atoms with E-state index in [0.29, 0.717) is 0 Å². The first kappa shape index (κ1) is 11.8. The Bertz CT molecular complexity index is 633. The number of hydrogen-bond acceptors (Lipinski definition) is 4. The number of rotatable bonds is 3. The number of nitro groups is 1. The summed E-state index contributed by atoms with van der Waals surface area (Å²) in [7, 11) is 0. The Morgan fingerprint density at radius 3 is 2.61 bits per heavy atom. The fourth-order valence-electron chi connectivity index (χ4n) is 1.27. The Morgan fingerprint density at radius 1 is 1.28 bits per heavy atom. The van der Waals surface area contributed by atoms with Crippen LogP contribution in [0.1, 0.15) is 0 Å². The van der Waals surface area contributed by atoms with Gasteiger partial charge < -0.3 is 9.72 Å². The van der Waals surface area contributed by atoms with E-state index in [-0.39, 0.29) is 22.7 Å². The van der Waals surface area contributed by atoms with Crippen molar-refractivity contribution < 1.29 is 14.1 Å². The Balaban J connectivity index is 2.27. The summed E-state index contributed by atoms with van der Waals surface area (Å²) >= 11 is 0. The molecule has 0 radical (unpaired) electrons. The van der Waals surface area contributed by atoms with Crippen molar-refractivity contribution >= 4 is 5.69 Å². The van der Waals surface area contributed by atoms with Crippen molar-refractivity contribution in [1.82, 2.24) is 4.98 Å². The van der Waals surface area contributed by atoms with Crippen LogP contribution in [0.25, 0.3) is 0 Å². The topological polar surface area (TPSA) is 85.2 Å². The second kappa shape index (κ2) is 4.66. The zero-order chi connectivity index (χ0) is 13.1. The van der Waals surface area contributed by atoms with Crippen LogP contribution in [0.4, 0.5) is 10.1 Å². The number of aromatic nitrogens is 1. The number of nitrogens with zero attached hydrogens (tertiary/aromatic N) is 1. The zero-order valence-electron chi connectivity index (χ0n) is 8.92. The first-order valence-corrected chi connectivity index (χ1v) is 4.87. The molecule has 1 heterocycles. The lowest BCUT2D eigenvalue weighted by Gasteiger charge is -2.05. The predicted octanol–water partition coefficient (Wildman–Crippen LogP) is 2.21. The van der Waals surface area contributed by atoms with Crippen molar-refractivity contribution in [2.75, 3.05) is 0 Å². The summed E-state index contributed by atoms with van der Waals surface area (Å²) in [6, 6.07) is 5.63. The molecule has 0 fully saturated rings. The lowest BCUT2D eigenvalue weighted by atomic mass is 10.3. The highest BCUT2D eigenvalue weighted by atomic mass is 19.1. The molecule has 0 saturated heterocycles. The maximum atomic E-state index is 13.5. The van der Waals surface area contributed by atoms with Gasteiger partial charge in [-0.3, -0.25) is 14.9 Å². The van der Waals surface area contributed by atoms with Gasteiger partial charge in [0.1, 0.15) is 5.75 Å². The summed E-state index contributed by atoms with van der Waals surface area (Å²) in [6.45, 7) is 0. The molecule has 7 heteroatoms. The van der Waals surface area contributed by atoms with E-state index in [1.165, 1.54) is 18.3 Å². The van der Waals surface area contributed by atoms with E-state index in [2.05, 4.69) is 4.98 Å². The summed E-state index contributed by atoms with van der Waals surface area (Å²) in [6.07, 6.45) is 1.27. The summed E-state index contributed by atoms with van der Waals surface area (Å²) in [5.41, 5.74) is -0.673. The summed E-state index contributed by atoms with van der Waals surface area (Å²) in [5.74, 6) is -0.787. The second-order valence-corrected chi connectivity index (χ2v) is 3.36. The third kappa shape index (κ3) is 2.51. The van der Waals surface area contributed by atoms with E-state index in [1.54, 1.807) is 0 Å². The molecule has 0 spiro atoms. The Labute approximate surface area is 99.8 Å². The van der Waals surface area contributed by atoms with E-state index in [0.717, 1.165) is 18.2 Å². The molecule has 0 aliphatic heterocycles. The Hall–Kier alpha value is -2.70. The lowest BCUT2D eigenvalue weighted by molar-refractivity contribution is -0.385. The summed E-state index contributed by atoms with van der Waals surface area (Å²) < 4.78 is 18.6. The average molecular weight is 250 g/mol. The minimum atomic E-state index is -0.851. The van der Waals surface area contributed by atoms with Crippen LogP contribution in [0, 0.1) is 15.9 Å². The van der Waals surface area contributed by atoms with Crippen LogP contribution in [0.5, 0.6) is 11.5 Å². The lowest BCUT2D eigenvalue weighted by Crippen LogP contribution is -2.01. The summed E-state index contributed by atoms with van der Waals surface area (Å²) in [5, 5.41) is 10.4. The molecule has 6 nitrogen and oxygen atoms in total. The van der Waals surface area contributed by atoms with Crippen LogP contribution >= 0.6 is 0 Å². The number of nitrogens with one attached hydrogen (secondary N) is 1. The molecule has 0 amide bonds. The predicted molar refractivity (Wildman–Crippen MR) is 60.2 cm³/mol. The van der Waals surface area contributed by atoms with Crippen molar-refractivity contribution in [3.63, 3.8) is 0 Å². The van der Waals surface area contributed by atoms with Crippen LogP contribution in [-0.4, -0.2) is 9.91 Å². The number of benzene rings is 1. The molecule has 18 heavy (non-hydrogen) atoms. The van der Waals surface area contributed by atoms with Gasteiger partial charge >= 0.3 is 0 Å². The number of hydrogen-bond donors (Lipinski definition) is 1. The molecule has 0 aliphatic rings. The standard InChI is InChI=1S/C11H7FN2O4/c12-9-5-7(14(16)17)1-3-10(9)18-8-2-4-11(15)13-6-8/h1-6H,(H,13,15). The smallest absolute Gasteiger partial charge is 0.272 e.